The third-order valence-electron chi connectivity index (χ3n) is 4.05. The Hall–Kier alpha value is -1.39. The van der Waals surface area contributed by atoms with Crippen LogP contribution in [0.15, 0.2) is 24.3 Å². The molecule has 1 aliphatic rings. The maximum Gasteiger partial charge on any atom is 0.227 e. The molecule has 1 aliphatic heterocycles. The van der Waals surface area contributed by atoms with Crippen LogP contribution >= 0.6 is 0 Å². The van der Waals surface area contributed by atoms with E-state index in [0.29, 0.717) is 18.9 Å². The van der Waals surface area contributed by atoms with Crippen LogP contribution in [0.5, 0.6) is 0 Å². The summed E-state index contributed by atoms with van der Waals surface area (Å²) >= 11 is 0. The number of rotatable bonds is 5. The van der Waals surface area contributed by atoms with Crippen molar-refractivity contribution in [2.24, 2.45) is 11.7 Å². The van der Waals surface area contributed by atoms with Crippen molar-refractivity contribution >= 4 is 5.91 Å². The largest absolute Gasteiger partial charge is 0.384 e. The van der Waals surface area contributed by atoms with E-state index in [9.17, 15) is 4.79 Å². The Bertz CT molecular complexity index is 440. The molecule has 0 unspecified atom stereocenters. The Morgan fingerprint density at radius 2 is 1.95 bits per heavy atom. The smallest absolute Gasteiger partial charge is 0.227 e. The average Bonchev–Trinajstić information content (AvgIpc) is 2.49. The Kier molecular flexibility index (Phi) is 5.56. The molecular formula is C16H24N2O2. The molecule has 2 N–H and O–H groups in total. The van der Waals surface area contributed by atoms with Crippen LogP contribution in [0.4, 0.5) is 0 Å². The van der Waals surface area contributed by atoms with E-state index in [1.807, 2.05) is 29.2 Å². The summed E-state index contributed by atoms with van der Waals surface area (Å²) in [6, 6.07) is 7.92. The summed E-state index contributed by atoms with van der Waals surface area (Å²) < 4.78 is 5.19. The molecule has 1 heterocycles. The lowest BCUT2D eigenvalue weighted by Gasteiger charge is -2.32. The van der Waals surface area contributed by atoms with Crippen molar-refractivity contribution < 1.29 is 9.53 Å². The third kappa shape index (κ3) is 3.81. The number of nitrogens with zero attached hydrogens (tertiary/aromatic N) is 1. The van der Waals surface area contributed by atoms with Crippen LogP contribution in [0.3, 0.4) is 0 Å². The van der Waals surface area contributed by atoms with Gasteiger partial charge >= 0.3 is 0 Å². The highest BCUT2D eigenvalue weighted by molar-refractivity contribution is 5.79. The monoisotopic (exact) mass is 276 g/mol. The molecule has 20 heavy (non-hydrogen) atoms. The fourth-order valence-corrected chi connectivity index (χ4v) is 2.79. The summed E-state index contributed by atoms with van der Waals surface area (Å²) in [4.78, 5) is 14.3. The van der Waals surface area contributed by atoms with E-state index in [1.165, 1.54) is 0 Å². The molecule has 1 saturated heterocycles. The van der Waals surface area contributed by atoms with Crippen LogP contribution in [-0.2, 0) is 22.5 Å². The summed E-state index contributed by atoms with van der Waals surface area (Å²) in [5.74, 6) is 0.808. The predicted octanol–water partition coefficient (Wildman–Crippen LogP) is 1.57. The minimum atomic E-state index is 0.210. The highest BCUT2D eigenvalue weighted by Gasteiger charge is 2.22. The summed E-state index contributed by atoms with van der Waals surface area (Å²) in [7, 11) is 1.74. The van der Waals surface area contributed by atoms with E-state index in [1.54, 1.807) is 7.11 Å². The van der Waals surface area contributed by atoms with Gasteiger partial charge in [-0.2, -0.15) is 0 Å². The van der Waals surface area contributed by atoms with Gasteiger partial charge in [0.15, 0.2) is 0 Å². The first-order valence-electron chi connectivity index (χ1n) is 7.28. The molecule has 4 heteroatoms. The van der Waals surface area contributed by atoms with E-state index in [2.05, 4.69) is 0 Å². The number of piperidine rings is 1. The zero-order valence-corrected chi connectivity index (χ0v) is 12.2. The lowest BCUT2D eigenvalue weighted by atomic mass is 9.97. The quantitative estimate of drug-likeness (QED) is 0.888. The Balaban J connectivity index is 1.89. The van der Waals surface area contributed by atoms with Crippen LogP contribution in [0.25, 0.3) is 0 Å². The van der Waals surface area contributed by atoms with Crippen molar-refractivity contribution in [1.82, 2.24) is 4.90 Å². The fraction of sp³-hybridized carbons (Fsp3) is 0.562. The number of amides is 1. The van der Waals surface area contributed by atoms with Crippen LogP contribution < -0.4 is 5.73 Å². The molecule has 4 nitrogen and oxygen atoms in total. The highest BCUT2D eigenvalue weighted by atomic mass is 16.5. The Morgan fingerprint density at radius 3 is 2.55 bits per heavy atom. The van der Waals surface area contributed by atoms with Gasteiger partial charge in [0.05, 0.1) is 6.42 Å². The van der Waals surface area contributed by atoms with Crippen molar-refractivity contribution in [1.29, 1.82) is 0 Å². The van der Waals surface area contributed by atoms with Crippen LogP contribution in [0.1, 0.15) is 24.0 Å². The molecular weight excluding hydrogens is 252 g/mol. The van der Waals surface area contributed by atoms with E-state index < -0.39 is 0 Å². The van der Waals surface area contributed by atoms with Gasteiger partial charge in [0, 0.05) is 33.4 Å². The molecule has 1 aromatic carbocycles. The summed E-state index contributed by atoms with van der Waals surface area (Å²) in [6.45, 7) is 2.98. The molecule has 2 rings (SSSR count). The molecule has 1 fully saturated rings. The van der Waals surface area contributed by atoms with Crippen molar-refractivity contribution in [3.63, 3.8) is 0 Å². The molecule has 1 amide bonds. The van der Waals surface area contributed by atoms with Gasteiger partial charge in [0.1, 0.15) is 0 Å². The second kappa shape index (κ2) is 7.41. The number of carbonyl (C=O) groups excluding carboxylic acids is 1. The lowest BCUT2D eigenvalue weighted by molar-refractivity contribution is -0.132. The van der Waals surface area contributed by atoms with Crippen LogP contribution in [0, 0.1) is 5.92 Å². The minimum absolute atomic E-state index is 0.210. The molecule has 0 atom stereocenters. The van der Waals surface area contributed by atoms with E-state index in [4.69, 9.17) is 10.5 Å². The number of ether oxygens (including phenoxy) is 1. The van der Waals surface area contributed by atoms with E-state index in [0.717, 1.165) is 43.7 Å². The Labute approximate surface area is 120 Å². The number of methoxy groups -OCH3 is 1. The third-order valence-corrected chi connectivity index (χ3v) is 4.05. The molecule has 0 aliphatic carbocycles. The normalized spacial score (nSPS) is 16.4. The SMILES string of the molecule is COCC1CCN(C(=O)Cc2ccccc2CN)CC1. The van der Waals surface area contributed by atoms with Gasteiger partial charge in [-0.3, -0.25) is 4.79 Å². The molecule has 0 bridgehead atoms. The first kappa shape index (κ1) is 15.0. The molecule has 0 radical (unpaired) electrons. The zero-order valence-electron chi connectivity index (χ0n) is 12.2. The summed E-state index contributed by atoms with van der Waals surface area (Å²) in [6.07, 6.45) is 2.54. The van der Waals surface area contributed by atoms with Gasteiger partial charge in [-0.05, 0) is 29.9 Å². The maximum atomic E-state index is 12.4. The van der Waals surface area contributed by atoms with Crippen molar-refractivity contribution in [2.45, 2.75) is 25.8 Å². The number of hydrogen-bond acceptors (Lipinski definition) is 3. The van der Waals surface area contributed by atoms with Gasteiger partial charge < -0.3 is 15.4 Å². The molecule has 0 saturated carbocycles. The molecule has 110 valence electrons. The molecule has 0 aromatic heterocycles. The van der Waals surface area contributed by atoms with Gasteiger partial charge in [-0.25, -0.2) is 0 Å². The summed E-state index contributed by atoms with van der Waals surface area (Å²) in [5, 5.41) is 0. The van der Waals surface area contributed by atoms with Gasteiger partial charge in [-0.15, -0.1) is 0 Å². The van der Waals surface area contributed by atoms with Crippen molar-refractivity contribution in [2.75, 3.05) is 26.8 Å². The topological polar surface area (TPSA) is 55.6 Å². The highest BCUT2D eigenvalue weighted by Crippen LogP contribution is 2.19. The summed E-state index contributed by atoms with van der Waals surface area (Å²) in [5.41, 5.74) is 7.84. The van der Waals surface area contributed by atoms with Crippen LogP contribution in [-0.4, -0.2) is 37.6 Å². The first-order chi connectivity index (χ1) is 9.74. The maximum absolute atomic E-state index is 12.4. The second-order valence-corrected chi connectivity index (χ2v) is 5.43. The lowest BCUT2D eigenvalue weighted by Crippen LogP contribution is -2.40. The van der Waals surface area contributed by atoms with Crippen molar-refractivity contribution in [3.8, 4) is 0 Å². The van der Waals surface area contributed by atoms with Gasteiger partial charge in [0.2, 0.25) is 5.91 Å². The minimum Gasteiger partial charge on any atom is -0.384 e. The number of nitrogens with two attached hydrogens (primary N) is 1. The standard InChI is InChI=1S/C16H24N2O2/c1-20-12-13-6-8-18(9-7-13)16(19)10-14-4-2-3-5-15(14)11-17/h2-5,13H,6-12,17H2,1H3. The number of benzene rings is 1. The van der Waals surface area contributed by atoms with E-state index in [-0.39, 0.29) is 5.91 Å². The molecule has 1 aromatic rings. The second-order valence-electron chi connectivity index (χ2n) is 5.43. The molecule has 0 spiro atoms. The predicted molar refractivity (Wildman–Crippen MR) is 79.2 cm³/mol. The van der Waals surface area contributed by atoms with Crippen molar-refractivity contribution in [3.05, 3.63) is 35.4 Å². The first-order valence-corrected chi connectivity index (χ1v) is 7.28. The van der Waals surface area contributed by atoms with Gasteiger partial charge in [0.25, 0.3) is 0 Å². The number of likely N-dealkylation sites (tertiary alicyclic amines) is 1. The Morgan fingerprint density at radius 1 is 1.30 bits per heavy atom. The zero-order chi connectivity index (χ0) is 14.4. The van der Waals surface area contributed by atoms with E-state index >= 15 is 0 Å². The number of carbonyl (C=O) groups is 1. The average molecular weight is 276 g/mol. The van der Waals surface area contributed by atoms with Gasteiger partial charge in [-0.1, -0.05) is 24.3 Å². The van der Waals surface area contributed by atoms with Crippen LogP contribution in [0.2, 0.25) is 0 Å². The fourth-order valence-electron chi connectivity index (χ4n) is 2.79. The number of hydrogen-bond donors (Lipinski definition) is 1.